The van der Waals surface area contributed by atoms with Gasteiger partial charge in [-0.05, 0) is 12.0 Å². The van der Waals surface area contributed by atoms with Crippen LogP contribution in [0, 0.1) is 0 Å². The van der Waals surface area contributed by atoms with E-state index in [0.29, 0.717) is 0 Å². The van der Waals surface area contributed by atoms with E-state index in [4.69, 9.17) is 5.53 Å². The molecule has 1 rings (SSSR count). The fourth-order valence-corrected chi connectivity index (χ4v) is 0.758. The first kappa shape index (κ1) is 6.89. The van der Waals surface area contributed by atoms with Gasteiger partial charge in [0.25, 0.3) is 0 Å². The largest absolute Gasteiger partial charge is 0.342 e. The number of carbonyl (C=O) groups excluding carboxylic acids is 1. The Morgan fingerprint density at radius 1 is 1.70 bits per heavy atom. The number of likely N-dealkylation sites (tertiary alicyclic amines) is 1. The Labute approximate surface area is 58.2 Å². The Bertz CT molecular complexity index is 180. The van der Waals surface area contributed by atoms with E-state index in [9.17, 15) is 4.79 Å². The molecule has 0 bridgehead atoms. The van der Waals surface area contributed by atoms with Gasteiger partial charge in [0.05, 0.1) is 0 Å². The fourth-order valence-electron chi connectivity index (χ4n) is 0.758. The summed E-state index contributed by atoms with van der Waals surface area (Å²) in [7, 11) is 0. The van der Waals surface area contributed by atoms with Crippen molar-refractivity contribution >= 4 is 5.91 Å². The first-order chi connectivity index (χ1) is 4.84. The molecule has 0 N–H and O–H groups in total. The fraction of sp³-hybridized carbons (Fsp3) is 0.800. The lowest BCUT2D eigenvalue weighted by atomic mass is 10.2. The van der Waals surface area contributed by atoms with Gasteiger partial charge in [0.15, 0.2) is 0 Å². The Hall–Kier alpha value is -1.22. The molecule has 1 fully saturated rings. The highest BCUT2D eigenvalue weighted by molar-refractivity contribution is 5.78. The number of carbonyl (C=O) groups is 1. The van der Waals surface area contributed by atoms with Gasteiger partial charge in [0.1, 0.15) is 6.54 Å². The Balaban J connectivity index is 2.26. The van der Waals surface area contributed by atoms with Crippen LogP contribution in [0.5, 0.6) is 0 Å². The molecule has 1 aliphatic heterocycles. The second-order valence-corrected chi connectivity index (χ2v) is 2.12. The highest BCUT2D eigenvalue weighted by Crippen LogP contribution is 2.05. The van der Waals surface area contributed by atoms with Gasteiger partial charge in [-0.2, -0.15) is 0 Å². The lowest BCUT2D eigenvalue weighted by Crippen LogP contribution is -2.43. The van der Waals surface area contributed by atoms with Crippen LogP contribution in [-0.4, -0.2) is 30.4 Å². The van der Waals surface area contributed by atoms with E-state index in [1.165, 1.54) is 0 Å². The molecule has 0 radical (unpaired) electrons. The minimum absolute atomic E-state index is 0.0312. The predicted octanol–water partition coefficient (Wildman–Crippen LogP) is 0.529. The van der Waals surface area contributed by atoms with Crippen molar-refractivity contribution in [2.75, 3.05) is 19.6 Å². The average molecular weight is 140 g/mol. The van der Waals surface area contributed by atoms with E-state index in [0.717, 1.165) is 19.5 Å². The van der Waals surface area contributed by atoms with Gasteiger partial charge >= 0.3 is 0 Å². The van der Waals surface area contributed by atoms with Gasteiger partial charge in [-0.15, -0.1) is 0 Å². The van der Waals surface area contributed by atoms with Crippen molar-refractivity contribution in [3.63, 3.8) is 0 Å². The van der Waals surface area contributed by atoms with E-state index < -0.39 is 0 Å². The normalized spacial score (nSPS) is 15.4. The summed E-state index contributed by atoms with van der Waals surface area (Å²) < 4.78 is 0. The van der Waals surface area contributed by atoms with Crippen LogP contribution in [0.3, 0.4) is 0 Å². The van der Waals surface area contributed by atoms with Gasteiger partial charge in [-0.1, -0.05) is 5.11 Å². The predicted molar refractivity (Wildman–Crippen MR) is 35.2 cm³/mol. The Kier molecular flexibility index (Phi) is 2.12. The molecule has 54 valence electrons. The topological polar surface area (TPSA) is 69.1 Å². The van der Waals surface area contributed by atoms with Crippen LogP contribution < -0.4 is 0 Å². The Morgan fingerprint density at radius 2 is 2.40 bits per heavy atom. The molecular formula is C5H8N4O. The summed E-state index contributed by atoms with van der Waals surface area (Å²) in [5.41, 5.74) is 7.88. The molecule has 0 aromatic heterocycles. The third kappa shape index (κ3) is 1.39. The maximum Gasteiger partial charge on any atom is 0.228 e. The minimum atomic E-state index is -0.0657. The maximum absolute atomic E-state index is 10.8. The molecule has 5 heteroatoms. The van der Waals surface area contributed by atoms with Crippen molar-refractivity contribution in [1.29, 1.82) is 0 Å². The van der Waals surface area contributed by atoms with Crippen molar-refractivity contribution in [1.82, 2.24) is 4.90 Å². The van der Waals surface area contributed by atoms with Gasteiger partial charge < -0.3 is 4.90 Å². The summed E-state index contributed by atoms with van der Waals surface area (Å²) in [6.45, 7) is 1.61. The second kappa shape index (κ2) is 3.08. The summed E-state index contributed by atoms with van der Waals surface area (Å²) in [6.07, 6.45) is 1.07. The lowest BCUT2D eigenvalue weighted by molar-refractivity contribution is -0.132. The summed E-state index contributed by atoms with van der Waals surface area (Å²) in [5.74, 6) is -0.0657. The van der Waals surface area contributed by atoms with Crippen molar-refractivity contribution in [2.45, 2.75) is 6.42 Å². The molecule has 0 unspecified atom stereocenters. The molecule has 0 spiro atoms. The van der Waals surface area contributed by atoms with E-state index in [1.54, 1.807) is 4.90 Å². The van der Waals surface area contributed by atoms with Crippen molar-refractivity contribution in [3.8, 4) is 0 Å². The molecule has 0 aliphatic carbocycles. The van der Waals surface area contributed by atoms with Gasteiger partial charge in [-0.3, -0.25) is 4.79 Å². The quantitative estimate of drug-likeness (QED) is 0.313. The van der Waals surface area contributed by atoms with Crippen LogP contribution in [0.4, 0.5) is 0 Å². The molecule has 0 aromatic carbocycles. The summed E-state index contributed by atoms with van der Waals surface area (Å²) in [6, 6.07) is 0. The second-order valence-electron chi connectivity index (χ2n) is 2.12. The number of amides is 1. The first-order valence-electron chi connectivity index (χ1n) is 3.13. The summed E-state index contributed by atoms with van der Waals surface area (Å²) >= 11 is 0. The number of hydrogen-bond acceptors (Lipinski definition) is 2. The molecule has 10 heavy (non-hydrogen) atoms. The number of rotatable bonds is 2. The highest BCUT2D eigenvalue weighted by atomic mass is 16.2. The van der Waals surface area contributed by atoms with Crippen molar-refractivity contribution < 1.29 is 4.79 Å². The third-order valence-electron chi connectivity index (χ3n) is 1.48. The summed E-state index contributed by atoms with van der Waals surface area (Å²) in [4.78, 5) is 15.0. The zero-order valence-electron chi connectivity index (χ0n) is 5.53. The molecule has 5 nitrogen and oxygen atoms in total. The van der Waals surface area contributed by atoms with Crippen LogP contribution in [0.25, 0.3) is 10.4 Å². The van der Waals surface area contributed by atoms with E-state index in [2.05, 4.69) is 10.0 Å². The van der Waals surface area contributed by atoms with E-state index in [-0.39, 0.29) is 12.5 Å². The molecular weight excluding hydrogens is 132 g/mol. The first-order valence-corrected chi connectivity index (χ1v) is 3.13. The zero-order chi connectivity index (χ0) is 7.40. The van der Waals surface area contributed by atoms with Crippen molar-refractivity contribution in [2.24, 2.45) is 5.11 Å². The number of azide groups is 1. The van der Waals surface area contributed by atoms with Crippen LogP contribution in [0.15, 0.2) is 5.11 Å². The van der Waals surface area contributed by atoms with Crippen LogP contribution in [0.1, 0.15) is 6.42 Å². The van der Waals surface area contributed by atoms with E-state index in [1.807, 2.05) is 0 Å². The monoisotopic (exact) mass is 140 g/mol. The SMILES string of the molecule is [N-]=[N+]=NCC(=O)N1CCC1. The highest BCUT2D eigenvalue weighted by Gasteiger charge is 2.18. The third-order valence-corrected chi connectivity index (χ3v) is 1.48. The van der Waals surface area contributed by atoms with Crippen LogP contribution in [-0.2, 0) is 4.79 Å². The zero-order valence-corrected chi connectivity index (χ0v) is 5.53. The average Bonchev–Trinajstić information content (AvgIpc) is 1.79. The van der Waals surface area contributed by atoms with Gasteiger partial charge in [-0.25, -0.2) is 0 Å². The molecule has 1 saturated heterocycles. The molecule has 0 aromatic rings. The standard InChI is InChI=1S/C5H8N4O/c6-8-7-4-5(10)9-2-1-3-9/h1-4H2. The molecule has 1 amide bonds. The van der Waals surface area contributed by atoms with Crippen molar-refractivity contribution in [3.05, 3.63) is 10.4 Å². The molecule has 1 heterocycles. The van der Waals surface area contributed by atoms with E-state index >= 15 is 0 Å². The van der Waals surface area contributed by atoms with Gasteiger partial charge in [0.2, 0.25) is 5.91 Å². The Morgan fingerprint density at radius 3 is 2.80 bits per heavy atom. The maximum atomic E-state index is 10.8. The van der Waals surface area contributed by atoms with Gasteiger partial charge in [0, 0.05) is 18.0 Å². The smallest absolute Gasteiger partial charge is 0.228 e. The molecule has 1 aliphatic rings. The molecule has 0 atom stereocenters. The van der Waals surface area contributed by atoms with Crippen LogP contribution in [0.2, 0.25) is 0 Å². The number of nitrogens with zero attached hydrogens (tertiary/aromatic N) is 4. The molecule has 0 saturated carbocycles. The number of hydrogen-bond donors (Lipinski definition) is 0. The lowest BCUT2D eigenvalue weighted by Gasteiger charge is -2.30. The summed E-state index contributed by atoms with van der Waals surface area (Å²) in [5, 5.41) is 3.16. The minimum Gasteiger partial charge on any atom is -0.342 e. The van der Waals surface area contributed by atoms with Crippen LogP contribution >= 0.6 is 0 Å².